The zero-order chi connectivity index (χ0) is 17.1. The van der Waals surface area contributed by atoms with Crippen LogP contribution in [0.4, 0.5) is 0 Å². The van der Waals surface area contributed by atoms with Crippen molar-refractivity contribution in [2.75, 3.05) is 0 Å². The Morgan fingerprint density at radius 2 is 2.08 bits per heavy atom. The number of hydrogen-bond donors (Lipinski definition) is 1. The van der Waals surface area contributed by atoms with Gasteiger partial charge in [0.25, 0.3) is 0 Å². The molecule has 0 fully saturated rings. The lowest BCUT2D eigenvalue weighted by Crippen LogP contribution is -2.22. The van der Waals surface area contributed by atoms with E-state index in [9.17, 15) is 9.59 Å². The quantitative estimate of drug-likeness (QED) is 0.778. The fraction of sp³-hybridized carbons (Fsp3) is 0.125. The summed E-state index contributed by atoms with van der Waals surface area (Å²) >= 11 is 0. The maximum Gasteiger partial charge on any atom is 0.365 e. The smallest absolute Gasteiger partial charge is 0.336 e. The van der Waals surface area contributed by atoms with E-state index >= 15 is 0 Å². The summed E-state index contributed by atoms with van der Waals surface area (Å²) < 4.78 is 7.88. The van der Waals surface area contributed by atoms with E-state index in [4.69, 9.17) is 9.78 Å². The minimum Gasteiger partial charge on any atom is -0.336 e. The van der Waals surface area contributed by atoms with Gasteiger partial charge in [-0.3, -0.25) is 4.79 Å². The van der Waals surface area contributed by atoms with Gasteiger partial charge in [0.15, 0.2) is 0 Å². The zero-order valence-corrected chi connectivity index (χ0v) is 12.8. The van der Waals surface area contributed by atoms with Crippen LogP contribution in [0.25, 0.3) is 16.8 Å². The third-order valence-corrected chi connectivity index (χ3v) is 3.33. The molecule has 0 saturated carbocycles. The van der Waals surface area contributed by atoms with Crippen molar-refractivity contribution in [3.05, 3.63) is 58.8 Å². The van der Waals surface area contributed by atoms with E-state index in [1.807, 2.05) is 6.07 Å². The number of nitrogens with one attached hydrogen (secondary N) is 1. The molecule has 2 heterocycles. The third-order valence-electron chi connectivity index (χ3n) is 3.33. The van der Waals surface area contributed by atoms with Crippen LogP contribution in [0, 0.1) is 11.3 Å². The summed E-state index contributed by atoms with van der Waals surface area (Å²) in [7, 11) is 0. The molecule has 0 saturated heterocycles. The van der Waals surface area contributed by atoms with Gasteiger partial charge in [0, 0.05) is 13.1 Å². The molecule has 0 unspecified atom stereocenters. The van der Waals surface area contributed by atoms with Gasteiger partial charge in [-0.1, -0.05) is 12.1 Å². The highest BCUT2D eigenvalue weighted by molar-refractivity contribution is 5.72. The molecule has 0 atom stereocenters. The highest BCUT2D eigenvalue weighted by Crippen LogP contribution is 2.18. The number of nitriles is 1. The van der Waals surface area contributed by atoms with Gasteiger partial charge in [0.2, 0.25) is 5.91 Å². The van der Waals surface area contributed by atoms with Crippen molar-refractivity contribution >= 4 is 5.91 Å². The summed E-state index contributed by atoms with van der Waals surface area (Å²) in [6.45, 7) is 1.47. The van der Waals surface area contributed by atoms with Crippen molar-refractivity contribution < 1.29 is 9.32 Å². The molecule has 1 amide bonds. The highest BCUT2D eigenvalue weighted by atomic mass is 16.5. The lowest BCUT2D eigenvalue weighted by molar-refractivity contribution is -0.119. The fourth-order valence-corrected chi connectivity index (χ4v) is 2.15. The molecule has 0 aliphatic rings. The number of hydrogen-bond acceptors (Lipinski definition) is 5. The average molecular weight is 323 g/mol. The monoisotopic (exact) mass is 323 g/mol. The summed E-state index contributed by atoms with van der Waals surface area (Å²) in [5, 5.41) is 15.5. The highest BCUT2D eigenvalue weighted by Gasteiger charge is 2.10. The molecule has 0 bridgehead atoms. The second-order valence-corrected chi connectivity index (χ2v) is 5.06. The molecule has 120 valence electrons. The summed E-state index contributed by atoms with van der Waals surface area (Å²) in [4.78, 5) is 22.8. The Morgan fingerprint density at radius 1 is 1.33 bits per heavy atom. The molecular formula is C16H13N5O3. The molecular weight excluding hydrogens is 310 g/mol. The fourth-order valence-electron chi connectivity index (χ4n) is 2.15. The zero-order valence-electron chi connectivity index (χ0n) is 12.8. The Balaban J connectivity index is 1.84. The molecule has 8 heteroatoms. The first-order valence-electron chi connectivity index (χ1n) is 7.07. The molecule has 3 rings (SSSR count). The van der Waals surface area contributed by atoms with Gasteiger partial charge in [0.1, 0.15) is 12.7 Å². The first-order valence-corrected chi connectivity index (χ1v) is 7.07. The summed E-state index contributed by atoms with van der Waals surface area (Å²) in [5.74, 6) is -0.215. The van der Waals surface area contributed by atoms with E-state index in [0.717, 1.165) is 5.69 Å². The van der Waals surface area contributed by atoms with Crippen LogP contribution in [-0.2, 0) is 11.5 Å². The number of benzene rings is 1. The molecule has 1 N–H and O–H groups in total. The molecule has 0 aliphatic carbocycles. The van der Waals surface area contributed by atoms with Gasteiger partial charge in [-0.05, 0) is 17.7 Å². The first kappa shape index (κ1) is 15.3. The van der Waals surface area contributed by atoms with E-state index in [2.05, 4.69) is 10.4 Å². The molecule has 3 aromatic rings. The van der Waals surface area contributed by atoms with Crippen molar-refractivity contribution in [1.82, 2.24) is 19.8 Å². The summed E-state index contributed by atoms with van der Waals surface area (Å²) in [5.41, 5.74) is 1.82. The van der Waals surface area contributed by atoms with Gasteiger partial charge < -0.3 is 9.84 Å². The van der Waals surface area contributed by atoms with E-state index < -0.39 is 5.63 Å². The molecule has 8 nitrogen and oxygen atoms in total. The van der Waals surface area contributed by atoms with Crippen LogP contribution in [0.1, 0.15) is 12.5 Å². The number of amides is 1. The Bertz CT molecular complexity index is 972. The Kier molecular flexibility index (Phi) is 3.99. The topological polar surface area (TPSA) is 106 Å². The normalized spacial score (nSPS) is 10.3. The van der Waals surface area contributed by atoms with Crippen LogP contribution in [0.2, 0.25) is 0 Å². The lowest BCUT2D eigenvalue weighted by atomic mass is 10.1. The van der Waals surface area contributed by atoms with Crippen molar-refractivity contribution in [3.8, 4) is 22.9 Å². The third kappa shape index (κ3) is 3.10. The number of rotatable bonds is 4. The van der Waals surface area contributed by atoms with Gasteiger partial charge in [-0.15, -0.1) is 0 Å². The number of carbonyl (C=O) groups is 1. The standard InChI is InChI=1S/C16H13N5O3/c1-11(22)18-10-20-9-15(16(23)24-20)13-2-4-14(5-3-13)21-8-12(6-17)7-19-21/h2-5,7-9H,10H2,1H3,(H,18,22). The minimum atomic E-state index is -0.487. The van der Waals surface area contributed by atoms with E-state index in [1.165, 1.54) is 24.1 Å². The van der Waals surface area contributed by atoms with Gasteiger partial charge in [0.05, 0.1) is 29.2 Å². The Morgan fingerprint density at radius 3 is 2.71 bits per heavy atom. The largest absolute Gasteiger partial charge is 0.365 e. The maximum absolute atomic E-state index is 11.9. The van der Waals surface area contributed by atoms with Crippen LogP contribution in [0.3, 0.4) is 0 Å². The predicted octanol–water partition coefficient (Wildman–Crippen LogP) is 1.26. The van der Waals surface area contributed by atoms with Crippen LogP contribution in [0.5, 0.6) is 0 Å². The summed E-state index contributed by atoms with van der Waals surface area (Å²) in [6, 6.07) is 9.11. The minimum absolute atomic E-state index is 0.0902. The second kappa shape index (κ2) is 6.26. The Labute approximate surface area is 136 Å². The number of aromatic nitrogens is 3. The number of carbonyl (C=O) groups excluding carboxylic acids is 1. The SMILES string of the molecule is CC(=O)NCn1cc(-c2ccc(-n3cc(C#N)cn3)cc2)c(=O)o1. The van der Waals surface area contributed by atoms with Crippen molar-refractivity contribution in [3.63, 3.8) is 0 Å². The number of nitrogens with zero attached hydrogens (tertiary/aromatic N) is 4. The van der Waals surface area contributed by atoms with Crippen LogP contribution in [0.15, 0.2) is 52.2 Å². The Hall–Kier alpha value is -3.60. The van der Waals surface area contributed by atoms with E-state index in [0.29, 0.717) is 16.7 Å². The molecule has 0 spiro atoms. The molecule has 1 aromatic carbocycles. The lowest BCUT2D eigenvalue weighted by Gasteiger charge is -2.02. The van der Waals surface area contributed by atoms with Gasteiger partial charge in [-0.25, -0.2) is 9.48 Å². The van der Waals surface area contributed by atoms with Gasteiger partial charge in [-0.2, -0.15) is 15.1 Å². The van der Waals surface area contributed by atoms with Crippen molar-refractivity contribution in [2.24, 2.45) is 0 Å². The van der Waals surface area contributed by atoms with Gasteiger partial charge >= 0.3 is 5.63 Å². The van der Waals surface area contributed by atoms with Crippen LogP contribution < -0.4 is 10.9 Å². The van der Waals surface area contributed by atoms with Crippen LogP contribution >= 0.6 is 0 Å². The van der Waals surface area contributed by atoms with Crippen LogP contribution in [-0.4, -0.2) is 20.4 Å². The average Bonchev–Trinajstić information content (AvgIpc) is 3.19. The van der Waals surface area contributed by atoms with E-state index in [1.54, 1.807) is 35.1 Å². The molecule has 0 aliphatic heterocycles. The maximum atomic E-state index is 11.9. The second-order valence-electron chi connectivity index (χ2n) is 5.06. The van der Waals surface area contributed by atoms with E-state index in [-0.39, 0.29) is 12.6 Å². The molecule has 24 heavy (non-hydrogen) atoms. The first-order chi connectivity index (χ1) is 11.6. The summed E-state index contributed by atoms with van der Waals surface area (Å²) in [6.07, 6.45) is 4.63. The molecule has 2 aromatic heterocycles. The van der Waals surface area contributed by atoms with Crippen molar-refractivity contribution in [1.29, 1.82) is 5.26 Å². The predicted molar refractivity (Wildman–Crippen MR) is 84.1 cm³/mol. The van der Waals surface area contributed by atoms with Crippen molar-refractivity contribution in [2.45, 2.75) is 13.6 Å². The molecule has 0 radical (unpaired) electrons.